The predicted molar refractivity (Wildman–Crippen MR) is 160 cm³/mol. The second kappa shape index (κ2) is 10.9. The van der Waals surface area contributed by atoms with E-state index in [0.29, 0.717) is 46.8 Å². The van der Waals surface area contributed by atoms with Gasteiger partial charge in [0.2, 0.25) is 11.8 Å². The summed E-state index contributed by atoms with van der Waals surface area (Å²) < 4.78 is 15.9. The number of pyridine rings is 1. The minimum Gasteiger partial charge on any atom is -0.329 e. The Labute approximate surface area is 248 Å². The monoisotopic (exact) mass is 598 g/mol. The van der Waals surface area contributed by atoms with Gasteiger partial charge < -0.3 is 20.9 Å². The van der Waals surface area contributed by atoms with E-state index in [0.717, 1.165) is 0 Å². The van der Waals surface area contributed by atoms with Crippen LogP contribution in [0.5, 0.6) is 0 Å². The molecule has 216 valence electrons. The van der Waals surface area contributed by atoms with Crippen LogP contribution in [-0.4, -0.2) is 28.9 Å². The van der Waals surface area contributed by atoms with Crippen molar-refractivity contribution in [2.75, 3.05) is 10.6 Å². The van der Waals surface area contributed by atoms with Crippen LogP contribution in [0.15, 0.2) is 53.5 Å². The molecule has 0 radical (unpaired) electrons. The molecule has 1 fully saturated rings. The lowest BCUT2D eigenvalue weighted by molar-refractivity contribution is -0.122. The first kappa shape index (κ1) is 29.3. The molecule has 1 saturated heterocycles. The molecule has 2 amide bonds. The van der Waals surface area contributed by atoms with Crippen LogP contribution < -0.4 is 21.5 Å². The lowest BCUT2D eigenvalue weighted by Crippen LogP contribution is -2.49. The number of halogens is 3. The molecule has 0 aliphatic carbocycles. The Balaban J connectivity index is 1.72. The summed E-state index contributed by atoms with van der Waals surface area (Å²) in [5, 5.41) is 9.67. The van der Waals surface area contributed by atoms with Gasteiger partial charge in [0.15, 0.2) is 0 Å². The number of anilines is 2. The van der Waals surface area contributed by atoms with Crippen molar-refractivity contribution in [3.05, 3.63) is 91.6 Å². The zero-order valence-electron chi connectivity index (χ0n) is 23.3. The van der Waals surface area contributed by atoms with Gasteiger partial charge in [0.25, 0.3) is 5.56 Å². The van der Waals surface area contributed by atoms with Crippen molar-refractivity contribution in [2.45, 2.75) is 70.4 Å². The lowest BCUT2D eigenvalue weighted by atomic mass is 9.62. The second-order valence-electron chi connectivity index (χ2n) is 12.0. The molecule has 3 heterocycles. The van der Waals surface area contributed by atoms with Gasteiger partial charge in [-0.2, -0.15) is 0 Å². The Morgan fingerprint density at radius 2 is 1.88 bits per heavy atom. The van der Waals surface area contributed by atoms with Crippen molar-refractivity contribution in [2.24, 2.45) is 5.41 Å². The molecule has 7 nitrogen and oxygen atoms in total. The number of fused-ring (bicyclic) bond motifs is 2. The molecule has 4 atom stereocenters. The summed E-state index contributed by atoms with van der Waals surface area (Å²) in [7, 11) is 0. The molecule has 1 spiro atoms. The smallest absolute Gasteiger partial charge is 0.253 e. The first-order valence-electron chi connectivity index (χ1n) is 13.7. The van der Waals surface area contributed by atoms with Crippen molar-refractivity contribution in [3.8, 4) is 0 Å². The highest BCUT2D eigenvalue weighted by Gasteiger charge is 2.66. The summed E-state index contributed by atoms with van der Waals surface area (Å²) in [6.07, 6.45) is 3.13. The summed E-state index contributed by atoms with van der Waals surface area (Å²) in [6, 6.07) is 9.81. The van der Waals surface area contributed by atoms with Gasteiger partial charge in [-0.15, -0.1) is 0 Å². The van der Waals surface area contributed by atoms with Crippen LogP contribution >= 0.6 is 23.2 Å². The fourth-order valence-corrected chi connectivity index (χ4v) is 6.84. The number of H-pyrrole nitrogens is 1. The maximum atomic E-state index is 15.9. The van der Waals surface area contributed by atoms with Crippen LogP contribution in [-0.2, 0) is 21.4 Å². The van der Waals surface area contributed by atoms with Gasteiger partial charge in [-0.25, -0.2) is 4.39 Å². The van der Waals surface area contributed by atoms with Crippen LogP contribution in [0, 0.1) is 11.2 Å². The first-order valence-corrected chi connectivity index (χ1v) is 14.5. The third-order valence-corrected chi connectivity index (χ3v) is 8.57. The van der Waals surface area contributed by atoms with Gasteiger partial charge in [-0.05, 0) is 53.6 Å². The summed E-state index contributed by atoms with van der Waals surface area (Å²) in [4.78, 5) is 43.6. The highest BCUT2D eigenvalue weighted by molar-refractivity contribution is 6.31. The van der Waals surface area contributed by atoms with E-state index < -0.39 is 35.1 Å². The molecule has 3 aromatic rings. The fraction of sp³-hybridized carbons (Fsp3) is 0.387. The maximum absolute atomic E-state index is 15.9. The summed E-state index contributed by atoms with van der Waals surface area (Å²) in [5.41, 5.74) is 0.234. The summed E-state index contributed by atoms with van der Waals surface area (Å²) in [6.45, 7) is 8.09. The molecule has 0 saturated carbocycles. The van der Waals surface area contributed by atoms with Crippen molar-refractivity contribution < 1.29 is 14.0 Å². The van der Waals surface area contributed by atoms with Gasteiger partial charge in [-0.1, -0.05) is 75.5 Å². The van der Waals surface area contributed by atoms with E-state index in [1.165, 1.54) is 12.3 Å². The number of carbonyl (C=O) groups is 2. The summed E-state index contributed by atoms with van der Waals surface area (Å²) >= 11 is 12.6. The Bertz CT molecular complexity index is 1580. The normalized spacial score (nSPS) is 23.5. The van der Waals surface area contributed by atoms with E-state index in [2.05, 4.69) is 20.9 Å². The van der Waals surface area contributed by atoms with Gasteiger partial charge in [0, 0.05) is 34.4 Å². The molecule has 2 aliphatic rings. The maximum Gasteiger partial charge on any atom is 0.253 e. The summed E-state index contributed by atoms with van der Waals surface area (Å²) in [5.74, 6) is -2.50. The molecule has 1 aromatic heterocycles. The molecule has 0 unspecified atom stereocenters. The number of rotatable bonds is 6. The molecule has 2 aromatic carbocycles. The highest BCUT2D eigenvalue weighted by Crippen LogP contribution is 2.57. The average molecular weight is 600 g/mol. The Morgan fingerprint density at radius 1 is 1.12 bits per heavy atom. The van der Waals surface area contributed by atoms with Crippen molar-refractivity contribution in [3.63, 3.8) is 0 Å². The Kier molecular flexibility index (Phi) is 7.78. The van der Waals surface area contributed by atoms with Crippen LogP contribution in [0.4, 0.5) is 15.8 Å². The Hall–Kier alpha value is -3.20. The number of aromatic amines is 1. The minimum absolute atomic E-state index is 0.106. The molecule has 41 heavy (non-hydrogen) atoms. The number of amides is 2. The van der Waals surface area contributed by atoms with E-state index >= 15 is 4.39 Å². The minimum atomic E-state index is -1.36. The van der Waals surface area contributed by atoms with Gasteiger partial charge >= 0.3 is 0 Å². The molecule has 4 N–H and O–H groups in total. The van der Waals surface area contributed by atoms with Gasteiger partial charge in [0.1, 0.15) is 11.2 Å². The number of hydrogen-bond donors (Lipinski definition) is 4. The number of nitrogens with one attached hydrogen (secondary N) is 4. The zero-order valence-corrected chi connectivity index (χ0v) is 24.8. The SMILES string of the molecule is CCCc1c(NC(=O)[C@@H]2N[C@@H](CC(C)(C)C)[C@@]3(C(=O)Nc4cc(Cl)ccc43)[C@H]2c2cccc(Cl)c2F)cc[nH]c1=O. The fourth-order valence-electron chi connectivity index (χ4n) is 6.49. The first-order chi connectivity index (χ1) is 19.4. The van der Waals surface area contributed by atoms with Gasteiger partial charge in [-0.3, -0.25) is 14.4 Å². The third-order valence-electron chi connectivity index (χ3n) is 8.04. The van der Waals surface area contributed by atoms with Crippen molar-refractivity contribution in [1.82, 2.24) is 10.3 Å². The quantitative estimate of drug-likeness (QED) is 0.273. The van der Waals surface area contributed by atoms with Crippen molar-refractivity contribution in [1.29, 1.82) is 0 Å². The number of aromatic nitrogens is 1. The average Bonchev–Trinajstić information content (AvgIpc) is 3.36. The van der Waals surface area contributed by atoms with E-state index in [1.807, 2.05) is 27.7 Å². The topological polar surface area (TPSA) is 103 Å². The van der Waals surface area contributed by atoms with Crippen molar-refractivity contribution >= 4 is 46.4 Å². The van der Waals surface area contributed by atoms with E-state index in [9.17, 15) is 14.4 Å². The van der Waals surface area contributed by atoms with Crippen LogP contribution in [0.1, 0.15) is 63.1 Å². The Morgan fingerprint density at radius 3 is 2.59 bits per heavy atom. The lowest BCUT2D eigenvalue weighted by Gasteiger charge is -2.37. The predicted octanol–water partition coefficient (Wildman–Crippen LogP) is 6.16. The largest absolute Gasteiger partial charge is 0.329 e. The molecule has 2 aliphatic heterocycles. The van der Waals surface area contributed by atoms with E-state index in [-0.39, 0.29) is 27.5 Å². The standard InChI is InChI=1S/C31H33Cl2FN4O3/c1-5-7-17-21(12-13-35-27(17)39)36-28(40)26-24(18-8-6-9-20(33)25(18)34)31(23(38-26)15-30(2,3)4)19-11-10-16(32)14-22(19)37-29(31)41/h6,8-14,23-24,26,38H,5,7,15H2,1-4H3,(H,37,41)(H2,35,36,39,40)/t23-,24-,26+,31+/m0/s1. The number of hydrogen-bond acceptors (Lipinski definition) is 4. The van der Waals surface area contributed by atoms with Crippen LogP contribution in [0.25, 0.3) is 0 Å². The molecule has 10 heteroatoms. The van der Waals surface area contributed by atoms with E-state index in [4.69, 9.17) is 23.2 Å². The molecule has 5 rings (SSSR count). The number of carbonyl (C=O) groups excluding carboxylic acids is 2. The van der Waals surface area contributed by atoms with Crippen LogP contribution in [0.3, 0.4) is 0 Å². The molecular weight excluding hydrogens is 566 g/mol. The van der Waals surface area contributed by atoms with Gasteiger partial charge in [0.05, 0.1) is 16.8 Å². The molecular formula is C31H33Cl2FN4O3. The second-order valence-corrected chi connectivity index (χ2v) is 12.9. The molecule has 0 bridgehead atoms. The number of benzene rings is 2. The van der Waals surface area contributed by atoms with Crippen LogP contribution in [0.2, 0.25) is 10.0 Å². The zero-order chi connectivity index (χ0) is 29.7. The highest BCUT2D eigenvalue weighted by atomic mass is 35.5. The van der Waals surface area contributed by atoms with E-state index in [1.54, 1.807) is 36.4 Å². The third kappa shape index (κ3) is 5.07.